The van der Waals surface area contributed by atoms with Crippen molar-refractivity contribution < 1.29 is 0 Å². The van der Waals surface area contributed by atoms with Crippen molar-refractivity contribution in [3.05, 3.63) is 231 Å². The van der Waals surface area contributed by atoms with E-state index in [1.165, 1.54) is 87.2 Å². The number of hydrogen-bond acceptors (Lipinski definition) is 0. The molecule has 10 aromatic carbocycles. The van der Waals surface area contributed by atoms with Crippen molar-refractivity contribution >= 4 is 87.2 Å². The lowest BCUT2D eigenvalue weighted by Gasteiger charge is -2.18. The van der Waals surface area contributed by atoms with E-state index in [0.717, 1.165) is 33.9 Å². The second-order valence-corrected chi connectivity index (χ2v) is 16.9. The molecule has 0 fully saturated rings. The molecule has 0 spiro atoms. The van der Waals surface area contributed by atoms with Crippen LogP contribution in [0.3, 0.4) is 0 Å². The maximum absolute atomic E-state index is 2.50. The molecule has 4 aromatic heterocycles. The van der Waals surface area contributed by atoms with Crippen LogP contribution >= 0.6 is 0 Å². The van der Waals surface area contributed by atoms with Crippen LogP contribution in [0.4, 0.5) is 0 Å². The fourth-order valence-electron chi connectivity index (χ4n) is 10.9. The summed E-state index contributed by atoms with van der Waals surface area (Å²) < 4.78 is 9.83. The number of benzene rings is 10. The third kappa shape index (κ3) is 4.88. The second-order valence-electron chi connectivity index (χ2n) is 16.9. The van der Waals surface area contributed by atoms with Crippen LogP contribution in [-0.4, -0.2) is 18.3 Å². The lowest BCUT2D eigenvalue weighted by atomic mass is 10.0. The average molecular weight is 815 g/mol. The largest absolute Gasteiger partial charge is 0.309 e. The smallest absolute Gasteiger partial charge is 0.0562 e. The van der Waals surface area contributed by atoms with E-state index in [9.17, 15) is 0 Å². The van der Waals surface area contributed by atoms with Crippen LogP contribution in [0.1, 0.15) is 0 Å². The summed E-state index contributed by atoms with van der Waals surface area (Å²) in [6, 6.07) is 84.5. The Labute approximate surface area is 368 Å². The highest BCUT2D eigenvalue weighted by Crippen LogP contribution is 2.44. The zero-order valence-electron chi connectivity index (χ0n) is 34.7. The van der Waals surface area contributed by atoms with E-state index in [1.807, 2.05) is 0 Å². The molecule has 298 valence electrons. The van der Waals surface area contributed by atoms with E-state index in [4.69, 9.17) is 0 Å². The number of fused-ring (bicyclic) bond motifs is 12. The van der Waals surface area contributed by atoms with E-state index in [-0.39, 0.29) is 0 Å². The van der Waals surface area contributed by atoms with Crippen LogP contribution in [0.15, 0.2) is 231 Å². The topological polar surface area (TPSA) is 19.7 Å². The van der Waals surface area contributed by atoms with E-state index in [0.29, 0.717) is 0 Å². The molecule has 4 heteroatoms. The summed E-state index contributed by atoms with van der Waals surface area (Å²) in [6.07, 6.45) is 0. The van der Waals surface area contributed by atoms with Crippen LogP contribution < -0.4 is 0 Å². The standard InChI is InChI=1S/C60H38N4/c1-3-19-39(20-4-1)61-51-29-13-9-25-43(51)47-35-49-45-27-11-17-33-55(45)63(59(49)37-57(47)61)53-31-15-7-23-41(53)42-24-8-16-32-54(42)64-56-34-18-12-28-46(56)50-36-48-44-26-10-14-30-52(44)62(58(48)38-60(50)64)40-21-5-2-6-22-40/h1-38H. The predicted molar refractivity (Wildman–Crippen MR) is 269 cm³/mol. The monoisotopic (exact) mass is 814 g/mol. The summed E-state index contributed by atoms with van der Waals surface area (Å²) in [7, 11) is 0. The van der Waals surface area contributed by atoms with Crippen LogP contribution in [-0.2, 0) is 0 Å². The zero-order valence-corrected chi connectivity index (χ0v) is 34.7. The number of aromatic nitrogens is 4. The van der Waals surface area contributed by atoms with Gasteiger partial charge in [0, 0.05) is 65.6 Å². The first-order valence-corrected chi connectivity index (χ1v) is 22.0. The van der Waals surface area contributed by atoms with E-state index in [1.54, 1.807) is 0 Å². The van der Waals surface area contributed by atoms with Gasteiger partial charge in [-0.25, -0.2) is 0 Å². The molecule has 0 aliphatic heterocycles. The molecule has 14 rings (SSSR count). The van der Waals surface area contributed by atoms with Crippen molar-refractivity contribution in [1.29, 1.82) is 0 Å². The average Bonchev–Trinajstić information content (AvgIpc) is 4.07. The van der Waals surface area contributed by atoms with Gasteiger partial charge in [-0.3, -0.25) is 0 Å². The van der Waals surface area contributed by atoms with Gasteiger partial charge in [-0.1, -0.05) is 146 Å². The zero-order chi connectivity index (χ0) is 41.9. The Bertz CT molecular complexity index is 3910. The van der Waals surface area contributed by atoms with Gasteiger partial charge >= 0.3 is 0 Å². The Morgan fingerprint density at radius 2 is 0.469 bits per heavy atom. The highest BCUT2D eigenvalue weighted by Gasteiger charge is 2.23. The maximum atomic E-state index is 2.50. The first kappa shape index (κ1) is 35.0. The van der Waals surface area contributed by atoms with Gasteiger partial charge in [0.25, 0.3) is 0 Å². The molecule has 0 aliphatic rings. The van der Waals surface area contributed by atoms with E-state index < -0.39 is 0 Å². The summed E-state index contributed by atoms with van der Waals surface area (Å²) in [5, 5.41) is 9.95. The number of hydrogen-bond donors (Lipinski definition) is 0. The molecule has 0 saturated carbocycles. The second kappa shape index (κ2) is 13.4. The number of nitrogens with zero attached hydrogens (tertiary/aromatic N) is 4. The van der Waals surface area contributed by atoms with Crippen molar-refractivity contribution in [1.82, 2.24) is 18.3 Å². The molecule has 4 nitrogen and oxygen atoms in total. The fourth-order valence-corrected chi connectivity index (χ4v) is 10.9. The van der Waals surface area contributed by atoms with Gasteiger partial charge in [-0.05, 0) is 84.9 Å². The van der Waals surface area contributed by atoms with E-state index in [2.05, 4.69) is 249 Å². The molecule has 0 amide bonds. The normalized spacial score (nSPS) is 12.1. The van der Waals surface area contributed by atoms with Gasteiger partial charge in [-0.15, -0.1) is 0 Å². The first-order chi connectivity index (χ1) is 31.8. The van der Waals surface area contributed by atoms with E-state index >= 15 is 0 Å². The molecular formula is C60H38N4. The van der Waals surface area contributed by atoms with Gasteiger partial charge in [0.1, 0.15) is 0 Å². The molecule has 0 unspecified atom stereocenters. The summed E-state index contributed by atoms with van der Waals surface area (Å²) in [5.41, 5.74) is 16.4. The molecule has 64 heavy (non-hydrogen) atoms. The highest BCUT2D eigenvalue weighted by molar-refractivity contribution is 6.21. The summed E-state index contributed by atoms with van der Waals surface area (Å²) >= 11 is 0. The minimum absolute atomic E-state index is 1.13. The lowest BCUT2D eigenvalue weighted by molar-refractivity contribution is 1.15. The van der Waals surface area contributed by atoms with Gasteiger partial charge in [0.2, 0.25) is 0 Å². The van der Waals surface area contributed by atoms with Crippen LogP contribution in [0.25, 0.3) is 121 Å². The minimum Gasteiger partial charge on any atom is -0.309 e. The first-order valence-electron chi connectivity index (χ1n) is 22.0. The van der Waals surface area contributed by atoms with Gasteiger partial charge in [0.05, 0.1) is 55.5 Å². The Kier molecular flexibility index (Phi) is 7.36. The summed E-state index contributed by atoms with van der Waals surface area (Å²) in [4.78, 5) is 0. The fraction of sp³-hybridized carbons (Fsp3) is 0. The predicted octanol–water partition coefficient (Wildman–Crippen LogP) is 15.7. The molecule has 0 N–H and O–H groups in total. The van der Waals surface area contributed by atoms with Crippen LogP contribution in [0, 0.1) is 0 Å². The van der Waals surface area contributed by atoms with Crippen LogP contribution in [0.2, 0.25) is 0 Å². The van der Waals surface area contributed by atoms with Crippen LogP contribution in [0.5, 0.6) is 0 Å². The third-order valence-electron chi connectivity index (χ3n) is 13.5. The molecule has 0 bridgehead atoms. The van der Waals surface area contributed by atoms with Gasteiger partial charge in [-0.2, -0.15) is 0 Å². The highest BCUT2D eigenvalue weighted by atomic mass is 15.0. The molecule has 4 heterocycles. The molecule has 0 saturated heterocycles. The molecular weight excluding hydrogens is 777 g/mol. The summed E-state index contributed by atoms with van der Waals surface area (Å²) in [6.45, 7) is 0. The number of rotatable bonds is 5. The number of para-hydroxylation sites is 8. The Morgan fingerprint density at radius 3 is 0.844 bits per heavy atom. The van der Waals surface area contributed by atoms with Gasteiger partial charge < -0.3 is 18.3 Å². The van der Waals surface area contributed by atoms with Crippen molar-refractivity contribution in [2.24, 2.45) is 0 Å². The molecule has 0 aliphatic carbocycles. The quantitative estimate of drug-likeness (QED) is 0.165. The third-order valence-corrected chi connectivity index (χ3v) is 13.5. The van der Waals surface area contributed by atoms with Crippen molar-refractivity contribution in [3.63, 3.8) is 0 Å². The Hall–Kier alpha value is -8.60. The minimum atomic E-state index is 1.13. The molecule has 0 radical (unpaired) electrons. The lowest BCUT2D eigenvalue weighted by Crippen LogP contribution is -2.01. The Morgan fingerprint density at radius 1 is 0.188 bits per heavy atom. The van der Waals surface area contributed by atoms with Crippen molar-refractivity contribution in [2.45, 2.75) is 0 Å². The maximum Gasteiger partial charge on any atom is 0.0562 e. The molecule has 0 atom stereocenters. The molecule has 14 aromatic rings. The van der Waals surface area contributed by atoms with Crippen molar-refractivity contribution in [3.8, 4) is 33.9 Å². The Balaban J connectivity index is 1.06. The van der Waals surface area contributed by atoms with Crippen molar-refractivity contribution in [2.75, 3.05) is 0 Å². The SMILES string of the molecule is c1ccc(-n2c3ccccc3c3cc4c5ccccc5n(-c5ccccc5-c5ccccc5-n5c6ccccc6c6cc7c8ccccc8n(-c8ccccc8)c7cc65)c4cc32)cc1. The summed E-state index contributed by atoms with van der Waals surface area (Å²) in [5.74, 6) is 0. The van der Waals surface area contributed by atoms with Gasteiger partial charge in [0.15, 0.2) is 0 Å².